The van der Waals surface area contributed by atoms with E-state index in [2.05, 4.69) is 35.3 Å². The molecular formula is C22H20N8O. The third-order valence-electron chi connectivity index (χ3n) is 5.29. The predicted octanol–water partition coefficient (Wildman–Crippen LogP) is 3.25. The van der Waals surface area contributed by atoms with E-state index in [0.29, 0.717) is 18.6 Å². The lowest BCUT2D eigenvalue weighted by atomic mass is 10.1. The molecule has 0 bridgehead atoms. The number of carbonyl (C=O) groups excluding carboxylic acids is 1. The van der Waals surface area contributed by atoms with Crippen LogP contribution in [0.4, 0.5) is 5.69 Å². The van der Waals surface area contributed by atoms with Crippen molar-refractivity contribution in [3.05, 3.63) is 66.0 Å². The molecule has 5 rings (SSSR count). The summed E-state index contributed by atoms with van der Waals surface area (Å²) in [6.07, 6.45) is 5.88. The Morgan fingerprint density at radius 1 is 1.19 bits per heavy atom. The van der Waals surface area contributed by atoms with Crippen molar-refractivity contribution in [1.29, 1.82) is 0 Å². The molecular weight excluding hydrogens is 392 g/mol. The standard InChI is InChI=1S/C22H20N8O/c1-13-17(14(2)30-22(26-13)24-12-25-30)6-8-20(31)27-16-5-7-18-19(10-16)29-21(28-18)15-4-3-9-23-11-15/h3-5,7,9-12H,6,8H2,1-2H3,(H,27,31)(H,28,29). The Morgan fingerprint density at radius 3 is 2.94 bits per heavy atom. The summed E-state index contributed by atoms with van der Waals surface area (Å²) in [6.45, 7) is 3.90. The Hall–Kier alpha value is -4.14. The fourth-order valence-electron chi connectivity index (χ4n) is 3.71. The van der Waals surface area contributed by atoms with Crippen LogP contribution in [0.5, 0.6) is 0 Å². The predicted molar refractivity (Wildman–Crippen MR) is 117 cm³/mol. The number of anilines is 1. The maximum atomic E-state index is 12.6. The Balaban J connectivity index is 1.30. The number of hydrogen-bond donors (Lipinski definition) is 2. The molecule has 9 heteroatoms. The van der Waals surface area contributed by atoms with Crippen molar-refractivity contribution in [2.24, 2.45) is 0 Å². The molecule has 154 valence electrons. The van der Waals surface area contributed by atoms with Gasteiger partial charge in [-0.1, -0.05) is 0 Å². The Morgan fingerprint density at radius 2 is 2.10 bits per heavy atom. The van der Waals surface area contributed by atoms with Crippen molar-refractivity contribution < 1.29 is 4.79 Å². The van der Waals surface area contributed by atoms with Gasteiger partial charge in [-0.3, -0.25) is 9.78 Å². The third kappa shape index (κ3) is 3.61. The van der Waals surface area contributed by atoms with E-state index < -0.39 is 0 Å². The van der Waals surface area contributed by atoms with Gasteiger partial charge in [-0.25, -0.2) is 14.5 Å². The normalized spacial score (nSPS) is 11.3. The smallest absolute Gasteiger partial charge is 0.252 e. The highest BCUT2D eigenvalue weighted by Gasteiger charge is 2.13. The molecule has 1 aromatic carbocycles. The van der Waals surface area contributed by atoms with Crippen LogP contribution in [0, 0.1) is 13.8 Å². The molecule has 0 atom stereocenters. The third-order valence-corrected chi connectivity index (χ3v) is 5.29. The monoisotopic (exact) mass is 412 g/mol. The van der Waals surface area contributed by atoms with Crippen LogP contribution in [-0.4, -0.2) is 40.4 Å². The van der Waals surface area contributed by atoms with E-state index in [0.717, 1.165) is 45.1 Å². The molecule has 4 heterocycles. The Kier molecular flexibility index (Phi) is 4.62. The van der Waals surface area contributed by atoms with Gasteiger partial charge in [-0.05, 0) is 56.2 Å². The molecule has 0 aliphatic carbocycles. The van der Waals surface area contributed by atoms with Crippen LogP contribution >= 0.6 is 0 Å². The number of rotatable bonds is 5. The summed E-state index contributed by atoms with van der Waals surface area (Å²) in [6, 6.07) is 9.45. The van der Waals surface area contributed by atoms with E-state index in [-0.39, 0.29) is 5.91 Å². The molecule has 4 aromatic heterocycles. The SMILES string of the molecule is Cc1nc2ncnn2c(C)c1CCC(=O)Nc1ccc2nc(-c3cccnc3)[nH]c2c1. The van der Waals surface area contributed by atoms with Crippen molar-refractivity contribution in [3.8, 4) is 11.4 Å². The van der Waals surface area contributed by atoms with E-state index in [1.807, 2.05) is 44.2 Å². The highest BCUT2D eigenvalue weighted by Crippen LogP contribution is 2.23. The van der Waals surface area contributed by atoms with Gasteiger partial charge in [0.1, 0.15) is 12.2 Å². The van der Waals surface area contributed by atoms with Crippen LogP contribution in [0.3, 0.4) is 0 Å². The summed E-state index contributed by atoms with van der Waals surface area (Å²) in [4.78, 5) is 33.2. The fourth-order valence-corrected chi connectivity index (χ4v) is 3.71. The minimum absolute atomic E-state index is 0.0659. The van der Waals surface area contributed by atoms with E-state index in [4.69, 9.17) is 0 Å². The number of fused-ring (bicyclic) bond motifs is 2. The maximum absolute atomic E-state index is 12.6. The second-order valence-electron chi connectivity index (χ2n) is 7.34. The summed E-state index contributed by atoms with van der Waals surface area (Å²) in [5, 5.41) is 7.17. The number of benzene rings is 1. The summed E-state index contributed by atoms with van der Waals surface area (Å²) in [7, 11) is 0. The summed E-state index contributed by atoms with van der Waals surface area (Å²) < 4.78 is 1.70. The zero-order valence-corrected chi connectivity index (χ0v) is 17.1. The van der Waals surface area contributed by atoms with E-state index in [1.165, 1.54) is 6.33 Å². The van der Waals surface area contributed by atoms with Gasteiger partial charge in [0.25, 0.3) is 5.78 Å². The fraction of sp³-hybridized carbons (Fsp3) is 0.182. The molecule has 1 amide bonds. The summed E-state index contributed by atoms with van der Waals surface area (Å²) in [5.74, 6) is 1.25. The van der Waals surface area contributed by atoms with Gasteiger partial charge in [0.15, 0.2) is 0 Å². The zero-order chi connectivity index (χ0) is 21.4. The second kappa shape index (κ2) is 7.60. The van der Waals surface area contributed by atoms with Crippen LogP contribution in [0.2, 0.25) is 0 Å². The van der Waals surface area contributed by atoms with Gasteiger partial charge in [-0.2, -0.15) is 10.1 Å². The van der Waals surface area contributed by atoms with Crippen molar-refractivity contribution in [2.45, 2.75) is 26.7 Å². The first-order valence-corrected chi connectivity index (χ1v) is 9.94. The zero-order valence-electron chi connectivity index (χ0n) is 17.1. The number of amides is 1. The molecule has 0 unspecified atom stereocenters. The van der Waals surface area contributed by atoms with Crippen LogP contribution < -0.4 is 5.32 Å². The lowest BCUT2D eigenvalue weighted by Gasteiger charge is -2.10. The number of H-pyrrole nitrogens is 1. The number of carbonyl (C=O) groups is 1. The van der Waals surface area contributed by atoms with E-state index in [9.17, 15) is 4.79 Å². The van der Waals surface area contributed by atoms with E-state index >= 15 is 0 Å². The van der Waals surface area contributed by atoms with E-state index in [1.54, 1.807) is 16.9 Å². The van der Waals surface area contributed by atoms with Crippen molar-refractivity contribution in [3.63, 3.8) is 0 Å². The van der Waals surface area contributed by atoms with Crippen LogP contribution in [0.15, 0.2) is 49.1 Å². The number of aryl methyl sites for hydroxylation is 2. The number of nitrogens with one attached hydrogen (secondary N) is 2. The highest BCUT2D eigenvalue weighted by molar-refractivity contribution is 5.93. The van der Waals surface area contributed by atoms with Crippen molar-refractivity contribution in [2.75, 3.05) is 5.32 Å². The van der Waals surface area contributed by atoms with Gasteiger partial charge in [0, 0.05) is 41.5 Å². The maximum Gasteiger partial charge on any atom is 0.252 e. The number of nitrogens with zero attached hydrogens (tertiary/aromatic N) is 6. The highest BCUT2D eigenvalue weighted by atomic mass is 16.1. The second-order valence-corrected chi connectivity index (χ2v) is 7.34. The van der Waals surface area contributed by atoms with Gasteiger partial charge in [0.05, 0.1) is 11.0 Å². The molecule has 0 saturated carbocycles. The molecule has 0 radical (unpaired) electrons. The number of pyridine rings is 1. The largest absolute Gasteiger partial charge is 0.338 e. The Bertz CT molecular complexity index is 1400. The molecule has 0 aliphatic heterocycles. The Labute approximate surface area is 177 Å². The average molecular weight is 412 g/mol. The molecule has 31 heavy (non-hydrogen) atoms. The minimum Gasteiger partial charge on any atom is -0.338 e. The summed E-state index contributed by atoms with van der Waals surface area (Å²) >= 11 is 0. The summed E-state index contributed by atoms with van der Waals surface area (Å²) in [5.41, 5.74) is 6.14. The van der Waals surface area contributed by atoms with Gasteiger partial charge >= 0.3 is 0 Å². The molecule has 9 nitrogen and oxygen atoms in total. The number of aromatic amines is 1. The first kappa shape index (κ1) is 18.9. The van der Waals surface area contributed by atoms with Gasteiger partial charge in [0.2, 0.25) is 5.91 Å². The van der Waals surface area contributed by atoms with Crippen molar-refractivity contribution >= 4 is 28.4 Å². The lowest BCUT2D eigenvalue weighted by molar-refractivity contribution is -0.116. The molecule has 0 spiro atoms. The molecule has 5 aromatic rings. The molecule has 0 saturated heterocycles. The molecule has 2 N–H and O–H groups in total. The van der Waals surface area contributed by atoms with Gasteiger partial charge < -0.3 is 10.3 Å². The van der Waals surface area contributed by atoms with Crippen molar-refractivity contribution in [1.82, 2.24) is 34.5 Å². The van der Waals surface area contributed by atoms with Crippen LogP contribution in [-0.2, 0) is 11.2 Å². The van der Waals surface area contributed by atoms with Crippen LogP contribution in [0.1, 0.15) is 23.4 Å². The number of imidazole rings is 1. The molecule has 0 fully saturated rings. The first-order chi connectivity index (χ1) is 15.1. The molecule has 0 aliphatic rings. The lowest BCUT2D eigenvalue weighted by Crippen LogP contribution is -2.14. The first-order valence-electron chi connectivity index (χ1n) is 9.94. The quantitative estimate of drug-likeness (QED) is 0.458. The average Bonchev–Trinajstić information content (AvgIpc) is 3.41. The number of hydrogen-bond acceptors (Lipinski definition) is 6. The number of aromatic nitrogens is 7. The van der Waals surface area contributed by atoms with Gasteiger partial charge in [-0.15, -0.1) is 0 Å². The topological polar surface area (TPSA) is 114 Å². The van der Waals surface area contributed by atoms with Crippen LogP contribution in [0.25, 0.3) is 28.2 Å². The minimum atomic E-state index is -0.0659.